The summed E-state index contributed by atoms with van der Waals surface area (Å²) >= 11 is 0. The van der Waals surface area contributed by atoms with Crippen LogP contribution in [-0.2, 0) is 17.8 Å². The van der Waals surface area contributed by atoms with Gasteiger partial charge in [-0.15, -0.1) is 0 Å². The summed E-state index contributed by atoms with van der Waals surface area (Å²) in [5, 5.41) is 0. The van der Waals surface area contributed by atoms with Gasteiger partial charge in [-0.05, 0) is 31.7 Å². The Hall–Kier alpha value is -2.20. The van der Waals surface area contributed by atoms with Crippen molar-refractivity contribution < 1.29 is 9.53 Å². The smallest absolute Gasteiger partial charge is 0.339 e. The van der Waals surface area contributed by atoms with Crippen molar-refractivity contribution in [3.63, 3.8) is 0 Å². The lowest BCUT2D eigenvalue weighted by molar-refractivity contribution is 0.0600. The van der Waals surface area contributed by atoms with E-state index in [0.29, 0.717) is 5.56 Å². The van der Waals surface area contributed by atoms with E-state index in [1.807, 2.05) is 6.07 Å². The molecule has 1 aromatic carbocycles. The van der Waals surface area contributed by atoms with Gasteiger partial charge in [-0.3, -0.25) is 9.88 Å². The normalized spacial score (nSPS) is 10.7. The van der Waals surface area contributed by atoms with Gasteiger partial charge in [0, 0.05) is 19.3 Å². The minimum atomic E-state index is -0.359. The van der Waals surface area contributed by atoms with Gasteiger partial charge in [-0.1, -0.05) is 29.8 Å². The maximum absolute atomic E-state index is 11.3. The van der Waals surface area contributed by atoms with Crippen LogP contribution in [-0.4, -0.2) is 30.0 Å². The van der Waals surface area contributed by atoms with Crippen LogP contribution in [0.2, 0.25) is 0 Å². The molecule has 0 radical (unpaired) electrons. The van der Waals surface area contributed by atoms with Gasteiger partial charge in [-0.2, -0.15) is 0 Å². The maximum Gasteiger partial charge on any atom is 0.339 e. The Labute approximate surface area is 125 Å². The van der Waals surface area contributed by atoms with E-state index in [9.17, 15) is 4.79 Å². The molecular weight excluding hydrogens is 264 g/mol. The van der Waals surface area contributed by atoms with Gasteiger partial charge in [0.15, 0.2) is 0 Å². The fourth-order valence-corrected chi connectivity index (χ4v) is 2.21. The zero-order chi connectivity index (χ0) is 15.2. The summed E-state index contributed by atoms with van der Waals surface area (Å²) in [5.74, 6) is -0.359. The van der Waals surface area contributed by atoms with Gasteiger partial charge in [0.2, 0.25) is 0 Å². The lowest BCUT2D eigenvalue weighted by Crippen LogP contribution is -2.18. The molecule has 0 amide bonds. The van der Waals surface area contributed by atoms with E-state index < -0.39 is 0 Å². The molecular formula is C17H20N2O2. The van der Waals surface area contributed by atoms with Crippen molar-refractivity contribution in [2.24, 2.45) is 0 Å². The van der Waals surface area contributed by atoms with E-state index in [-0.39, 0.29) is 5.97 Å². The Morgan fingerprint density at radius 1 is 1.24 bits per heavy atom. The average Bonchev–Trinajstić information content (AvgIpc) is 2.47. The summed E-state index contributed by atoms with van der Waals surface area (Å²) in [4.78, 5) is 17.8. The summed E-state index contributed by atoms with van der Waals surface area (Å²) in [6.07, 6.45) is 1.56. The van der Waals surface area contributed by atoms with Gasteiger partial charge < -0.3 is 4.74 Å². The third kappa shape index (κ3) is 4.39. The minimum absolute atomic E-state index is 0.359. The number of carbonyl (C=O) groups excluding carboxylic acids is 1. The number of rotatable bonds is 5. The Morgan fingerprint density at radius 2 is 2.05 bits per heavy atom. The van der Waals surface area contributed by atoms with Gasteiger partial charge in [0.1, 0.15) is 0 Å². The highest BCUT2D eigenvalue weighted by Gasteiger charge is 2.07. The first-order chi connectivity index (χ1) is 10.1. The van der Waals surface area contributed by atoms with Crippen LogP contribution < -0.4 is 0 Å². The molecule has 0 saturated carbocycles. The highest BCUT2D eigenvalue weighted by atomic mass is 16.5. The molecule has 0 bridgehead atoms. The highest BCUT2D eigenvalue weighted by Crippen LogP contribution is 2.09. The molecule has 110 valence electrons. The van der Waals surface area contributed by atoms with Gasteiger partial charge in [-0.25, -0.2) is 4.79 Å². The topological polar surface area (TPSA) is 42.4 Å². The SMILES string of the molecule is COC(=O)c1ccc(CN(C)Cc2cccc(C)c2)nc1. The molecule has 0 N–H and O–H groups in total. The van der Waals surface area contributed by atoms with Crippen molar-refractivity contribution in [2.75, 3.05) is 14.2 Å². The number of carbonyl (C=O) groups is 1. The van der Waals surface area contributed by atoms with E-state index in [1.165, 1.54) is 18.2 Å². The van der Waals surface area contributed by atoms with Crippen LogP contribution in [0.25, 0.3) is 0 Å². The largest absolute Gasteiger partial charge is 0.465 e. The van der Waals surface area contributed by atoms with Gasteiger partial charge in [0.25, 0.3) is 0 Å². The van der Waals surface area contributed by atoms with E-state index in [4.69, 9.17) is 0 Å². The van der Waals surface area contributed by atoms with E-state index in [1.54, 1.807) is 12.3 Å². The van der Waals surface area contributed by atoms with E-state index >= 15 is 0 Å². The first-order valence-electron chi connectivity index (χ1n) is 6.86. The van der Waals surface area contributed by atoms with Crippen molar-refractivity contribution in [3.05, 3.63) is 65.0 Å². The number of aromatic nitrogens is 1. The fourth-order valence-electron chi connectivity index (χ4n) is 2.21. The fraction of sp³-hybridized carbons (Fsp3) is 0.294. The predicted molar refractivity (Wildman–Crippen MR) is 81.9 cm³/mol. The minimum Gasteiger partial charge on any atom is -0.465 e. The maximum atomic E-state index is 11.3. The number of hydrogen-bond acceptors (Lipinski definition) is 4. The number of hydrogen-bond donors (Lipinski definition) is 0. The number of benzene rings is 1. The molecule has 21 heavy (non-hydrogen) atoms. The molecule has 0 aliphatic carbocycles. The third-order valence-corrected chi connectivity index (χ3v) is 3.21. The van der Waals surface area contributed by atoms with Crippen molar-refractivity contribution >= 4 is 5.97 Å². The second kappa shape index (κ2) is 6.99. The van der Waals surface area contributed by atoms with Crippen LogP contribution in [0.15, 0.2) is 42.6 Å². The Kier molecular flexibility index (Phi) is 5.06. The molecule has 4 nitrogen and oxygen atoms in total. The number of nitrogens with zero attached hydrogens (tertiary/aromatic N) is 2. The molecule has 4 heteroatoms. The molecule has 2 rings (SSSR count). The van der Waals surface area contributed by atoms with Gasteiger partial charge in [0.05, 0.1) is 18.4 Å². The molecule has 0 saturated heterocycles. The lowest BCUT2D eigenvalue weighted by atomic mass is 10.1. The van der Waals surface area contributed by atoms with Crippen LogP contribution in [0.4, 0.5) is 0 Å². The van der Waals surface area contributed by atoms with Crippen LogP contribution >= 0.6 is 0 Å². The zero-order valence-corrected chi connectivity index (χ0v) is 12.7. The summed E-state index contributed by atoms with van der Waals surface area (Å²) in [7, 11) is 3.42. The van der Waals surface area contributed by atoms with Gasteiger partial charge >= 0.3 is 5.97 Å². The summed E-state index contributed by atoms with van der Waals surface area (Å²) in [6, 6.07) is 12.1. The number of esters is 1. The predicted octanol–water partition coefficient (Wildman–Crippen LogP) is 2.81. The van der Waals surface area contributed by atoms with E-state index in [2.05, 4.69) is 52.9 Å². The molecule has 2 aromatic rings. The Balaban J connectivity index is 1.96. The van der Waals surface area contributed by atoms with Crippen LogP contribution in [0.5, 0.6) is 0 Å². The summed E-state index contributed by atoms with van der Waals surface area (Å²) in [6.45, 7) is 3.69. The van der Waals surface area contributed by atoms with E-state index in [0.717, 1.165) is 18.8 Å². The summed E-state index contributed by atoms with van der Waals surface area (Å²) in [5.41, 5.74) is 3.95. The van der Waals surface area contributed by atoms with Crippen molar-refractivity contribution in [2.45, 2.75) is 20.0 Å². The molecule has 0 fully saturated rings. The second-order valence-corrected chi connectivity index (χ2v) is 5.19. The lowest BCUT2D eigenvalue weighted by Gasteiger charge is -2.16. The van der Waals surface area contributed by atoms with Crippen LogP contribution in [0.1, 0.15) is 27.2 Å². The molecule has 1 heterocycles. The standard InChI is InChI=1S/C17H20N2O2/c1-13-5-4-6-14(9-13)11-19(2)12-16-8-7-15(10-18-16)17(20)21-3/h4-10H,11-12H2,1-3H3. The second-order valence-electron chi connectivity index (χ2n) is 5.19. The monoisotopic (exact) mass is 284 g/mol. The summed E-state index contributed by atoms with van der Waals surface area (Å²) < 4.78 is 4.66. The molecule has 1 aromatic heterocycles. The van der Waals surface area contributed by atoms with Crippen molar-refractivity contribution in [3.8, 4) is 0 Å². The van der Waals surface area contributed by atoms with Crippen LogP contribution in [0.3, 0.4) is 0 Å². The Bertz CT molecular complexity index is 608. The highest BCUT2D eigenvalue weighted by molar-refractivity contribution is 5.88. The molecule has 0 unspecified atom stereocenters. The average molecular weight is 284 g/mol. The quantitative estimate of drug-likeness (QED) is 0.792. The third-order valence-electron chi connectivity index (χ3n) is 3.21. The van der Waals surface area contributed by atoms with Crippen LogP contribution in [0, 0.1) is 6.92 Å². The Morgan fingerprint density at radius 3 is 2.67 bits per heavy atom. The number of ether oxygens (including phenoxy) is 1. The number of pyridine rings is 1. The van der Waals surface area contributed by atoms with Crippen molar-refractivity contribution in [1.82, 2.24) is 9.88 Å². The molecule has 0 spiro atoms. The molecule has 0 atom stereocenters. The first-order valence-corrected chi connectivity index (χ1v) is 6.86. The number of aryl methyl sites for hydroxylation is 1. The zero-order valence-electron chi connectivity index (χ0n) is 12.7. The molecule has 0 aliphatic rings. The number of methoxy groups -OCH3 is 1. The molecule has 0 aliphatic heterocycles. The first kappa shape index (κ1) is 15.2. The van der Waals surface area contributed by atoms with Crippen molar-refractivity contribution in [1.29, 1.82) is 0 Å².